The van der Waals surface area contributed by atoms with Crippen molar-refractivity contribution >= 4 is 12.1 Å². The summed E-state index contributed by atoms with van der Waals surface area (Å²) in [7, 11) is 0. The number of alkyl carbamates (subject to hydrolysis) is 1. The van der Waals surface area contributed by atoms with Crippen LogP contribution in [0.15, 0.2) is 12.7 Å². The Bertz CT molecular complexity index is 417. The van der Waals surface area contributed by atoms with E-state index in [9.17, 15) is 9.59 Å². The summed E-state index contributed by atoms with van der Waals surface area (Å²) in [5.41, 5.74) is -2.25. The molecule has 0 bridgehead atoms. The fraction of sp³-hybridized carbons (Fsp3) is 0.733. The summed E-state index contributed by atoms with van der Waals surface area (Å²) in [5, 5.41) is 2.64. The first kappa shape index (κ1) is 16.5. The molecule has 114 valence electrons. The number of hydrogen-bond donors (Lipinski definition) is 1. The number of carbonyl (C=O) groups excluding carboxylic acids is 2. The van der Waals surface area contributed by atoms with Crippen molar-refractivity contribution in [3.8, 4) is 0 Å². The molecule has 2 atom stereocenters. The lowest BCUT2D eigenvalue weighted by Crippen LogP contribution is -2.49. The molecular formula is C15H25NO4. The van der Waals surface area contributed by atoms with Crippen LogP contribution in [0.1, 0.15) is 48.0 Å². The highest BCUT2D eigenvalue weighted by molar-refractivity contribution is 5.90. The number of carbonyl (C=O) groups is 2. The molecule has 0 aromatic rings. The number of amides is 1. The summed E-state index contributed by atoms with van der Waals surface area (Å²) in [6, 6.07) is 0. The van der Waals surface area contributed by atoms with Crippen molar-refractivity contribution in [3.05, 3.63) is 12.7 Å². The van der Waals surface area contributed by atoms with E-state index in [-0.39, 0.29) is 5.92 Å². The highest BCUT2D eigenvalue weighted by Crippen LogP contribution is 2.46. The molecule has 0 aromatic heterocycles. The molecule has 1 fully saturated rings. The van der Waals surface area contributed by atoms with E-state index in [1.807, 2.05) is 0 Å². The molecule has 1 rings (SSSR count). The van der Waals surface area contributed by atoms with Gasteiger partial charge in [0.15, 0.2) is 0 Å². The molecule has 1 saturated carbocycles. The Balaban J connectivity index is 2.77. The second-order valence-corrected chi connectivity index (χ2v) is 7.15. The van der Waals surface area contributed by atoms with Crippen LogP contribution in [-0.2, 0) is 14.3 Å². The van der Waals surface area contributed by atoms with Gasteiger partial charge in [0, 0.05) is 5.92 Å². The Morgan fingerprint density at radius 2 is 1.65 bits per heavy atom. The van der Waals surface area contributed by atoms with Crippen LogP contribution < -0.4 is 5.32 Å². The van der Waals surface area contributed by atoms with Gasteiger partial charge in [0.1, 0.15) is 16.7 Å². The van der Waals surface area contributed by atoms with Gasteiger partial charge in [-0.3, -0.25) is 0 Å². The monoisotopic (exact) mass is 283 g/mol. The summed E-state index contributed by atoms with van der Waals surface area (Å²) in [6.07, 6.45) is 1.53. The van der Waals surface area contributed by atoms with E-state index in [0.29, 0.717) is 6.42 Å². The van der Waals surface area contributed by atoms with Crippen LogP contribution in [0.5, 0.6) is 0 Å². The highest BCUT2D eigenvalue weighted by atomic mass is 16.6. The average Bonchev–Trinajstić information content (AvgIpc) is 2.86. The summed E-state index contributed by atoms with van der Waals surface area (Å²) in [4.78, 5) is 24.1. The third-order valence-electron chi connectivity index (χ3n) is 2.79. The first-order chi connectivity index (χ1) is 8.89. The van der Waals surface area contributed by atoms with Gasteiger partial charge in [-0.05, 0) is 48.0 Å². The van der Waals surface area contributed by atoms with Crippen molar-refractivity contribution in [1.29, 1.82) is 0 Å². The minimum Gasteiger partial charge on any atom is -0.458 e. The number of esters is 1. The quantitative estimate of drug-likeness (QED) is 0.639. The van der Waals surface area contributed by atoms with E-state index in [4.69, 9.17) is 9.47 Å². The summed E-state index contributed by atoms with van der Waals surface area (Å²) in [5.74, 6) is -0.564. The molecule has 20 heavy (non-hydrogen) atoms. The molecule has 0 saturated heterocycles. The largest absolute Gasteiger partial charge is 0.458 e. The zero-order valence-corrected chi connectivity index (χ0v) is 13.2. The molecule has 0 spiro atoms. The fourth-order valence-electron chi connectivity index (χ4n) is 1.86. The molecule has 5 nitrogen and oxygen atoms in total. The number of hydrogen-bond acceptors (Lipinski definition) is 4. The van der Waals surface area contributed by atoms with Crippen LogP contribution in [0, 0.1) is 5.92 Å². The van der Waals surface area contributed by atoms with Crippen LogP contribution in [-0.4, -0.2) is 28.8 Å². The Morgan fingerprint density at radius 3 is 2.00 bits per heavy atom. The van der Waals surface area contributed by atoms with Crippen LogP contribution >= 0.6 is 0 Å². The lowest BCUT2D eigenvalue weighted by molar-refractivity contribution is -0.159. The summed E-state index contributed by atoms with van der Waals surface area (Å²) >= 11 is 0. The fourth-order valence-corrected chi connectivity index (χ4v) is 1.86. The predicted octanol–water partition coefficient (Wildman–Crippen LogP) is 2.80. The van der Waals surface area contributed by atoms with Crippen LogP contribution in [0.3, 0.4) is 0 Å². The van der Waals surface area contributed by atoms with Gasteiger partial charge in [-0.2, -0.15) is 0 Å². The number of rotatable bonds is 3. The van der Waals surface area contributed by atoms with Crippen LogP contribution in [0.25, 0.3) is 0 Å². The van der Waals surface area contributed by atoms with E-state index in [2.05, 4.69) is 11.9 Å². The van der Waals surface area contributed by atoms with Gasteiger partial charge in [0.2, 0.25) is 0 Å². The lowest BCUT2D eigenvalue weighted by atomic mass is 10.1. The van der Waals surface area contributed by atoms with Gasteiger partial charge in [0.25, 0.3) is 0 Å². The SMILES string of the molecule is C=C[C@@H]1CC1(NC(=O)OC(C)(C)C)C(=O)OC(C)(C)C. The van der Waals surface area contributed by atoms with E-state index in [0.717, 1.165) is 0 Å². The van der Waals surface area contributed by atoms with Gasteiger partial charge in [-0.1, -0.05) is 6.08 Å². The third kappa shape index (κ3) is 4.25. The zero-order chi connectivity index (χ0) is 15.8. The Labute approximate surface area is 120 Å². The van der Waals surface area contributed by atoms with Crippen molar-refractivity contribution in [2.24, 2.45) is 5.92 Å². The normalized spacial score (nSPS) is 25.6. The Kier molecular flexibility index (Phi) is 4.22. The highest BCUT2D eigenvalue weighted by Gasteiger charge is 2.62. The Morgan fingerprint density at radius 1 is 1.15 bits per heavy atom. The maximum Gasteiger partial charge on any atom is 0.408 e. The van der Waals surface area contributed by atoms with Gasteiger partial charge < -0.3 is 14.8 Å². The van der Waals surface area contributed by atoms with Crippen LogP contribution in [0.4, 0.5) is 4.79 Å². The van der Waals surface area contributed by atoms with Crippen molar-refractivity contribution in [3.63, 3.8) is 0 Å². The number of nitrogens with one attached hydrogen (secondary N) is 1. The Hall–Kier alpha value is -1.52. The topological polar surface area (TPSA) is 64.6 Å². The van der Waals surface area contributed by atoms with Gasteiger partial charge >= 0.3 is 12.1 Å². The zero-order valence-electron chi connectivity index (χ0n) is 13.2. The summed E-state index contributed by atoms with van der Waals surface area (Å²) in [6.45, 7) is 14.4. The van der Waals surface area contributed by atoms with Crippen molar-refractivity contribution in [1.82, 2.24) is 5.32 Å². The minimum absolute atomic E-state index is 0.120. The maximum absolute atomic E-state index is 12.3. The predicted molar refractivity (Wildman–Crippen MR) is 76.2 cm³/mol. The van der Waals surface area contributed by atoms with E-state index in [1.165, 1.54) is 0 Å². The molecule has 1 N–H and O–H groups in total. The first-order valence-electron chi connectivity index (χ1n) is 6.77. The van der Waals surface area contributed by atoms with Gasteiger partial charge in [-0.25, -0.2) is 9.59 Å². The molecule has 1 unspecified atom stereocenters. The number of ether oxygens (including phenoxy) is 2. The lowest BCUT2D eigenvalue weighted by Gasteiger charge is -2.26. The first-order valence-corrected chi connectivity index (χ1v) is 6.77. The van der Waals surface area contributed by atoms with Crippen molar-refractivity contribution in [2.45, 2.75) is 64.7 Å². The van der Waals surface area contributed by atoms with Gasteiger partial charge in [-0.15, -0.1) is 6.58 Å². The molecule has 0 aromatic carbocycles. The van der Waals surface area contributed by atoms with E-state index < -0.39 is 28.8 Å². The van der Waals surface area contributed by atoms with Gasteiger partial charge in [0.05, 0.1) is 0 Å². The summed E-state index contributed by atoms with van der Waals surface area (Å²) < 4.78 is 10.6. The van der Waals surface area contributed by atoms with E-state index in [1.54, 1.807) is 47.6 Å². The maximum atomic E-state index is 12.3. The molecule has 1 aliphatic rings. The molecule has 0 radical (unpaired) electrons. The molecule has 0 aliphatic heterocycles. The molecule has 1 aliphatic carbocycles. The van der Waals surface area contributed by atoms with Crippen molar-refractivity contribution < 1.29 is 19.1 Å². The third-order valence-corrected chi connectivity index (χ3v) is 2.79. The van der Waals surface area contributed by atoms with E-state index >= 15 is 0 Å². The molecule has 1 amide bonds. The molecule has 0 heterocycles. The second-order valence-electron chi connectivity index (χ2n) is 7.15. The average molecular weight is 283 g/mol. The molecule has 5 heteroatoms. The standard InChI is InChI=1S/C15H25NO4/c1-8-10-9-15(10,11(17)19-13(2,3)4)16-12(18)20-14(5,6)7/h8,10H,1,9H2,2-7H3,(H,16,18)/t10-,15?/m1/s1. The smallest absolute Gasteiger partial charge is 0.408 e. The van der Waals surface area contributed by atoms with Crippen LogP contribution in [0.2, 0.25) is 0 Å². The molecular weight excluding hydrogens is 258 g/mol. The second kappa shape index (κ2) is 5.11. The minimum atomic E-state index is -1.03. The van der Waals surface area contributed by atoms with Crippen molar-refractivity contribution in [2.75, 3.05) is 0 Å².